The van der Waals surface area contributed by atoms with Crippen LogP contribution in [0.3, 0.4) is 0 Å². The summed E-state index contributed by atoms with van der Waals surface area (Å²) in [5.41, 5.74) is 0.399. The van der Waals surface area contributed by atoms with Gasteiger partial charge in [0, 0.05) is 26.5 Å². The lowest BCUT2D eigenvalue weighted by Gasteiger charge is -2.12. The van der Waals surface area contributed by atoms with Crippen LogP contribution in [0, 0.1) is 0 Å². The van der Waals surface area contributed by atoms with Gasteiger partial charge in [0.1, 0.15) is 18.1 Å². The number of aromatic nitrogens is 1. The Morgan fingerprint density at radius 1 is 1.21 bits per heavy atom. The lowest BCUT2D eigenvalue weighted by molar-refractivity contribution is 0.101. The van der Waals surface area contributed by atoms with Crippen molar-refractivity contribution in [1.82, 2.24) is 4.98 Å². The molecule has 8 heteroatoms. The van der Waals surface area contributed by atoms with Gasteiger partial charge in [-0.2, -0.15) is 0 Å². The van der Waals surface area contributed by atoms with Crippen LogP contribution in [0.15, 0.2) is 24.4 Å². The summed E-state index contributed by atoms with van der Waals surface area (Å²) in [6.45, 7) is 1.21. The topological polar surface area (TPSA) is 78.9 Å². The number of methoxy groups -OCH3 is 3. The van der Waals surface area contributed by atoms with Crippen molar-refractivity contribution in [2.45, 2.75) is 6.61 Å². The van der Waals surface area contributed by atoms with Crippen molar-refractivity contribution in [2.24, 2.45) is 0 Å². The Morgan fingerprint density at radius 3 is 2.75 bits per heavy atom. The van der Waals surface area contributed by atoms with Crippen LogP contribution >= 0.6 is 11.3 Å². The van der Waals surface area contributed by atoms with Crippen molar-refractivity contribution in [1.29, 1.82) is 0 Å². The molecule has 1 N–H and O–H groups in total. The van der Waals surface area contributed by atoms with Crippen LogP contribution in [-0.2, 0) is 16.1 Å². The van der Waals surface area contributed by atoms with E-state index in [1.54, 1.807) is 45.7 Å². The highest BCUT2D eigenvalue weighted by Crippen LogP contribution is 2.27. The molecule has 1 aromatic heterocycles. The van der Waals surface area contributed by atoms with E-state index in [0.29, 0.717) is 42.0 Å². The number of benzene rings is 1. The van der Waals surface area contributed by atoms with Gasteiger partial charge in [-0.3, -0.25) is 10.1 Å². The van der Waals surface area contributed by atoms with Crippen molar-refractivity contribution in [2.75, 3.05) is 39.9 Å². The fourth-order valence-corrected chi connectivity index (χ4v) is 2.69. The van der Waals surface area contributed by atoms with Crippen LogP contribution in [0.5, 0.6) is 11.5 Å². The number of carbonyl (C=O) groups excluding carboxylic acids is 1. The average molecular weight is 352 g/mol. The number of amides is 1. The highest BCUT2D eigenvalue weighted by atomic mass is 32.1. The van der Waals surface area contributed by atoms with Crippen molar-refractivity contribution >= 4 is 22.4 Å². The number of thiazole rings is 1. The summed E-state index contributed by atoms with van der Waals surface area (Å²) < 4.78 is 20.8. The van der Waals surface area contributed by atoms with Crippen molar-refractivity contribution in [3.8, 4) is 11.5 Å². The third kappa shape index (κ3) is 4.92. The molecule has 130 valence electrons. The number of nitrogens with zero attached hydrogens (tertiary/aromatic N) is 1. The van der Waals surface area contributed by atoms with Gasteiger partial charge in [0.05, 0.1) is 30.8 Å². The van der Waals surface area contributed by atoms with Crippen LogP contribution in [0.1, 0.15) is 15.2 Å². The van der Waals surface area contributed by atoms with E-state index >= 15 is 0 Å². The fourth-order valence-electron chi connectivity index (χ4n) is 1.91. The standard InChI is InChI=1S/C16H20N2O5S/c1-20-6-7-23-14-8-11(22-3)4-5-13(14)15(19)18-16-17-9-12(24-16)10-21-2/h4-5,8-9H,6-7,10H2,1-3H3,(H,17,18,19). The van der Waals surface area contributed by atoms with Gasteiger partial charge < -0.3 is 18.9 Å². The quantitative estimate of drug-likeness (QED) is 0.699. The van der Waals surface area contributed by atoms with E-state index in [4.69, 9.17) is 18.9 Å². The summed E-state index contributed by atoms with van der Waals surface area (Å²) in [7, 11) is 4.75. The molecular formula is C16H20N2O5S. The molecule has 7 nitrogen and oxygen atoms in total. The van der Waals surface area contributed by atoms with Crippen molar-refractivity contribution in [3.05, 3.63) is 34.8 Å². The zero-order valence-electron chi connectivity index (χ0n) is 13.8. The van der Waals surface area contributed by atoms with E-state index in [2.05, 4.69) is 10.3 Å². The van der Waals surface area contributed by atoms with E-state index in [1.165, 1.54) is 11.3 Å². The maximum atomic E-state index is 12.5. The normalized spacial score (nSPS) is 10.5. The van der Waals surface area contributed by atoms with Gasteiger partial charge in [-0.05, 0) is 12.1 Å². The maximum absolute atomic E-state index is 12.5. The highest BCUT2D eigenvalue weighted by Gasteiger charge is 2.16. The van der Waals surface area contributed by atoms with Crippen LogP contribution in [0.4, 0.5) is 5.13 Å². The number of nitrogens with one attached hydrogen (secondary N) is 1. The molecule has 0 saturated heterocycles. The molecule has 0 radical (unpaired) electrons. The van der Waals surface area contributed by atoms with E-state index in [1.807, 2.05) is 0 Å². The van der Waals surface area contributed by atoms with E-state index in [0.717, 1.165) is 4.88 Å². The minimum atomic E-state index is -0.302. The molecule has 0 atom stereocenters. The number of anilines is 1. The number of hydrogen-bond donors (Lipinski definition) is 1. The van der Waals surface area contributed by atoms with E-state index < -0.39 is 0 Å². The number of ether oxygens (including phenoxy) is 4. The molecule has 0 spiro atoms. The summed E-state index contributed by atoms with van der Waals surface area (Å²) >= 11 is 1.36. The third-order valence-electron chi connectivity index (χ3n) is 3.04. The first-order chi connectivity index (χ1) is 11.7. The van der Waals surface area contributed by atoms with Crippen LogP contribution in [0.25, 0.3) is 0 Å². The second kappa shape index (κ2) is 9.21. The Bertz CT molecular complexity index is 674. The predicted octanol–water partition coefficient (Wildman–Crippen LogP) is 2.58. The van der Waals surface area contributed by atoms with Crippen LogP contribution in [-0.4, -0.2) is 45.4 Å². The lowest BCUT2D eigenvalue weighted by atomic mass is 10.2. The molecule has 0 unspecified atom stereocenters. The highest BCUT2D eigenvalue weighted by molar-refractivity contribution is 7.15. The zero-order chi connectivity index (χ0) is 17.4. The molecule has 0 fully saturated rings. The first-order valence-corrected chi connectivity index (χ1v) is 8.04. The van der Waals surface area contributed by atoms with Crippen molar-refractivity contribution in [3.63, 3.8) is 0 Å². The molecular weight excluding hydrogens is 332 g/mol. The Labute approximate surface area is 144 Å². The van der Waals surface area contributed by atoms with Gasteiger partial charge >= 0.3 is 0 Å². The molecule has 1 heterocycles. The first-order valence-electron chi connectivity index (χ1n) is 7.22. The van der Waals surface area contributed by atoms with Gasteiger partial charge in [0.25, 0.3) is 5.91 Å². The molecule has 0 aliphatic rings. The van der Waals surface area contributed by atoms with Crippen LogP contribution in [0.2, 0.25) is 0 Å². The summed E-state index contributed by atoms with van der Waals surface area (Å²) in [5, 5.41) is 3.27. The Morgan fingerprint density at radius 2 is 2.04 bits per heavy atom. The molecule has 0 bridgehead atoms. The second-order valence-electron chi connectivity index (χ2n) is 4.72. The molecule has 1 aromatic carbocycles. The Balaban J connectivity index is 2.13. The zero-order valence-corrected chi connectivity index (χ0v) is 14.6. The van der Waals surface area contributed by atoms with E-state index in [-0.39, 0.29) is 5.91 Å². The molecule has 1 amide bonds. The molecule has 24 heavy (non-hydrogen) atoms. The average Bonchev–Trinajstić information content (AvgIpc) is 3.02. The van der Waals surface area contributed by atoms with Crippen LogP contribution < -0.4 is 14.8 Å². The smallest absolute Gasteiger partial charge is 0.261 e. The molecule has 0 aliphatic carbocycles. The van der Waals surface area contributed by atoms with Gasteiger partial charge in [-0.15, -0.1) is 0 Å². The minimum Gasteiger partial charge on any atom is -0.497 e. The summed E-state index contributed by atoms with van der Waals surface area (Å²) in [4.78, 5) is 17.6. The lowest BCUT2D eigenvalue weighted by Crippen LogP contribution is -2.15. The molecule has 2 aromatic rings. The number of hydrogen-bond acceptors (Lipinski definition) is 7. The fraction of sp³-hybridized carbons (Fsp3) is 0.375. The van der Waals surface area contributed by atoms with E-state index in [9.17, 15) is 4.79 Å². The number of rotatable bonds is 9. The summed E-state index contributed by atoms with van der Waals surface area (Å²) in [5.74, 6) is 0.733. The van der Waals surface area contributed by atoms with Crippen molar-refractivity contribution < 1.29 is 23.7 Å². The third-order valence-corrected chi connectivity index (χ3v) is 3.93. The Kier molecular flexibility index (Phi) is 6.98. The summed E-state index contributed by atoms with van der Waals surface area (Å²) in [6, 6.07) is 5.03. The van der Waals surface area contributed by atoms with Gasteiger partial charge in [-0.25, -0.2) is 4.98 Å². The Hall–Kier alpha value is -2.16. The first kappa shape index (κ1) is 18.2. The molecule has 0 aliphatic heterocycles. The second-order valence-corrected chi connectivity index (χ2v) is 5.84. The van der Waals surface area contributed by atoms with Gasteiger partial charge in [0.2, 0.25) is 0 Å². The minimum absolute atomic E-state index is 0.302. The van der Waals surface area contributed by atoms with Gasteiger partial charge in [-0.1, -0.05) is 11.3 Å². The monoisotopic (exact) mass is 352 g/mol. The molecule has 2 rings (SSSR count). The predicted molar refractivity (Wildman–Crippen MR) is 91.1 cm³/mol. The number of carbonyl (C=O) groups is 1. The summed E-state index contributed by atoms with van der Waals surface area (Å²) in [6.07, 6.45) is 1.67. The largest absolute Gasteiger partial charge is 0.497 e. The SMILES string of the molecule is COCCOc1cc(OC)ccc1C(=O)Nc1ncc(COC)s1. The maximum Gasteiger partial charge on any atom is 0.261 e. The van der Waals surface area contributed by atoms with Gasteiger partial charge in [0.15, 0.2) is 5.13 Å². The molecule has 0 saturated carbocycles.